The fraction of sp³-hybridized carbons (Fsp3) is 0.278. The number of carbonyl (C=O) groups excluding carboxylic acids is 1. The Bertz CT molecular complexity index is 800. The van der Waals surface area contributed by atoms with Crippen molar-refractivity contribution in [2.45, 2.75) is 26.2 Å². The lowest BCUT2D eigenvalue weighted by Crippen LogP contribution is -2.22. The quantitative estimate of drug-likeness (QED) is 0.624. The number of nitro benzene ring substituents is 1. The highest BCUT2D eigenvalue weighted by Gasteiger charge is 2.19. The summed E-state index contributed by atoms with van der Waals surface area (Å²) < 4.78 is 5.63. The van der Waals surface area contributed by atoms with Crippen LogP contribution in [0.5, 0.6) is 5.75 Å². The molecule has 6 nitrogen and oxygen atoms in total. The Hall–Kier alpha value is -2.60. The molecule has 0 aliphatic heterocycles. The van der Waals surface area contributed by atoms with E-state index in [0.717, 1.165) is 5.56 Å². The molecule has 0 saturated carbocycles. The standard InChI is InChI=1S/C18H19ClN2O4/c1-18(2,3)13-6-4-5-7-16(13)25-11-17(22)20-12-8-9-14(19)15(10-12)21(23)24/h4-10H,11H2,1-3H3,(H,20,22). The summed E-state index contributed by atoms with van der Waals surface area (Å²) in [6.07, 6.45) is 0. The van der Waals surface area contributed by atoms with Crippen molar-refractivity contribution in [1.82, 2.24) is 0 Å². The highest BCUT2D eigenvalue weighted by molar-refractivity contribution is 6.32. The third-order valence-electron chi connectivity index (χ3n) is 3.48. The van der Waals surface area contributed by atoms with Gasteiger partial charge < -0.3 is 10.1 Å². The van der Waals surface area contributed by atoms with Crippen LogP contribution in [0, 0.1) is 10.1 Å². The second-order valence-corrected chi connectivity index (χ2v) is 6.91. The van der Waals surface area contributed by atoms with E-state index in [2.05, 4.69) is 26.1 Å². The molecule has 0 aliphatic rings. The maximum Gasteiger partial charge on any atom is 0.289 e. The molecule has 2 aromatic carbocycles. The van der Waals surface area contributed by atoms with Gasteiger partial charge in [0.25, 0.3) is 11.6 Å². The van der Waals surface area contributed by atoms with Gasteiger partial charge in [0.05, 0.1) is 4.92 Å². The summed E-state index contributed by atoms with van der Waals surface area (Å²) in [4.78, 5) is 22.4. The Kier molecular flexibility index (Phi) is 5.64. The third kappa shape index (κ3) is 4.93. The van der Waals surface area contributed by atoms with E-state index in [1.54, 1.807) is 6.07 Å². The summed E-state index contributed by atoms with van der Waals surface area (Å²) in [6.45, 7) is 5.97. The zero-order valence-corrected chi connectivity index (χ0v) is 15.0. The highest BCUT2D eigenvalue weighted by atomic mass is 35.5. The molecule has 0 radical (unpaired) electrons. The highest BCUT2D eigenvalue weighted by Crippen LogP contribution is 2.31. The molecule has 0 saturated heterocycles. The average Bonchev–Trinajstić information content (AvgIpc) is 2.54. The van der Waals surface area contributed by atoms with Crippen LogP contribution in [-0.2, 0) is 10.2 Å². The Balaban J connectivity index is 2.05. The van der Waals surface area contributed by atoms with Crippen LogP contribution in [0.25, 0.3) is 0 Å². The van der Waals surface area contributed by atoms with Gasteiger partial charge in [-0.25, -0.2) is 0 Å². The number of nitro groups is 1. The van der Waals surface area contributed by atoms with Gasteiger partial charge in [-0.3, -0.25) is 14.9 Å². The van der Waals surface area contributed by atoms with Crippen molar-refractivity contribution in [3.63, 3.8) is 0 Å². The molecule has 0 atom stereocenters. The van der Waals surface area contributed by atoms with Crippen LogP contribution >= 0.6 is 11.6 Å². The number of hydrogen-bond donors (Lipinski definition) is 1. The number of rotatable bonds is 5. The minimum Gasteiger partial charge on any atom is -0.483 e. The van der Waals surface area contributed by atoms with E-state index in [0.29, 0.717) is 5.75 Å². The molecule has 0 heterocycles. The maximum absolute atomic E-state index is 12.1. The molecule has 25 heavy (non-hydrogen) atoms. The summed E-state index contributed by atoms with van der Waals surface area (Å²) in [6, 6.07) is 11.6. The minimum absolute atomic E-state index is 0.0124. The molecule has 0 bridgehead atoms. The van der Waals surface area contributed by atoms with Crippen molar-refractivity contribution < 1.29 is 14.5 Å². The van der Waals surface area contributed by atoms with Crippen LogP contribution in [0.2, 0.25) is 5.02 Å². The number of benzene rings is 2. The summed E-state index contributed by atoms with van der Waals surface area (Å²) in [7, 11) is 0. The predicted octanol–water partition coefficient (Wildman–Crippen LogP) is 4.56. The number of carbonyl (C=O) groups is 1. The number of amides is 1. The summed E-state index contributed by atoms with van der Waals surface area (Å²) in [5, 5.41) is 13.5. The normalized spacial score (nSPS) is 11.0. The van der Waals surface area contributed by atoms with Crippen molar-refractivity contribution in [3.05, 3.63) is 63.2 Å². The molecular formula is C18H19ClN2O4. The van der Waals surface area contributed by atoms with Crippen LogP contribution in [0.4, 0.5) is 11.4 Å². The zero-order valence-electron chi connectivity index (χ0n) is 14.2. The number of halogens is 1. The number of hydrogen-bond acceptors (Lipinski definition) is 4. The largest absolute Gasteiger partial charge is 0.483 e. The molecular weight excluding hydrogens is 344 g/mol. The first-order valence-electron chi connectivity index (χ1n) is 7.64. The van der Waals surface area contributed by atoms with Crippen LogP contribution < -0.4 is 10.1 Å². The fourth-order valence-corrected chi connectivity index (χ4v) is 2.47. The molecule has 0 aromatic heterocycles. The molecule has 1 N–H and O–H groups in total. The minimum atomic E-state index is -0.603. The van der Waals surface area contributed by atoms with Crippen molar-refractivity contribution in [3.8, 4) is 5.75 Å². The Labute approximate surface area is 150 Å². The summed E-state index contributed by atoms with van der Waals surface area (Å²) in [5.41, 5.74) is 0.890. The first-order valence-corrected chi connectivity index (χ1v) is 8.02. The molecule has 1 amide bonds. The summed E-state index contributed by atoms with van der Waals surface area (Å²) in [5.74, 6) is 0.215. The van der Waals surface area contributed by atoms with Gasteiger partial charge in [0.2, 0.25) is 0 Å². The van der Waals surface area contributed by atoms with E-state index in [9.17, 15) is 14.9 Å². The third-order valence-corrected chi connectivity index (χ3v) is 3.80. The van der Waals surface area contributed by atoms with E-state index in [1.165, 1.54) is 18.2 Å². The van der Waals surface area contributed by atoms with Crippen molar-refractivity contribution in [2.24, 2.45) is 0 Å². The molecule has 2 aromatic rings. The second-order valence-electron chi connectivity index (χ2n) is 6.51. The van der Waals surface area contributed by atoms with Crippen LogP contribution in [0.15, 0.2) is 42.5 Å². The van der Waals surface area contributed by atoms with Gasteiger partial charge in [-0.05, 0) is 29.2 Å². The fourth-order valence-electron chi connectivity index (χ4n) is 2.28. The van der Waals surface area contributed by atoms with Crippen molar-refractivity contribution >= 4 is 28.9 Å². The van der Waals surface area contributed by atoms with Gasteiger partial charge in [0.1, 0.15) is 10.8 Å². The molecule has 132 valence electrons. The van der Waals surface area contributed by atoms with Crippen LogP contribution in [-0.4, -0.2) is 17.4 Å². The SMILES string of the molecule is CC(C)(C)c1ccccc1OCC(=O)Nc1ccc(Cl)c([N+](=O)[O-])c1. The summed E-state index contributed by atoms with van der Waals surface area (Å²) >= 11 is 5.75. The number of nitrogens with zero attached hydrogens (tertiary/aromatic N) is 1. The average molecular weight is 363 g/mol. The monoisotopic (exact) mass is 362 g/mol. The number of ether oxygens (including phenoxy) is 1. The van der Waals surface area contributed by atoms with E-state index in [1.807, 2.05) is 18.2 Å². The van der Waals surface area contributed by atoms with Crippen LogP contribution in [0.1, 0.15) is 26.3 Å². The smallest absolute Gasteiger partial charge is 0.289 e. The molecule has 0 spiro atoms. The van der Waals surface area contributed by atoms with Crippen molar-refractivity contribution in [1.29, 1.82) is 0 Å². The molecule has 0 unspecified atom stereocenters. The van der Waals surface area contributed by atoms with E-state index >= 15 is 0 Å². The Morgan fingerprint density at radius 3 is 2.56 bits per heavy atom. The lowest BCUT2D eigenvalue weighted by Gasteiger charge is -2.22. The Morgan fingerprint density at radius 2 is 1.92 bits per heavy atom. The van der Waals surface area contributed by atoms with E-state index in [4.69, 9.17) is 16.3 Å². The van der Waals surface area contributed by atoms with Gasteiger partial charge >= 0.3 is 0 Å². The molecule has 2 rings (SSSR count). The van der Waals surface area contributed by atoms with Gasteiger partial charge in [-0.15, -0.1) is 0 Å². The van der Waals surface area contributed by atoms with Crippen LogP contribution in [0.3, 0.4) is 0 Å². The lowest BCUT2D eigenvalue weighted by molar-refractivity contribution is -0.384. The second kappa shape index (κ2) is 7.53. The first kappa shape index (κ1) is 18.7. The molecule has 0 aliphatic carbocycles. The van der Waals surface area contributed by atoms with Gasteiger partial charge in [-0.1, -0.05) is 50.6 Å². The van der Waals surface area contributed by atoms with Crippen molar-refractivity contribution in [2.75, 3.05) is 11.9 Å². The zero-order chi connectivity index (χ0) is 18.6. The number of para-hydroxylation sites is 1. The molecule has 7 heteroatoms. The number of nitrogens with one attached hydrogen (secondary N) is 1. The van der Waals surface area contributed by atoms with Gasteiger partial charge in [0, 0.05) is 11.8 Å². The number of anilines is 1. The van der Waals surface area contributed by atoms with Gasteiger partial charge in [-0.2, -0.15) is 0 Å². The van der Waals surface area contributed by atoms with E-state index < -0.39 is 10.8 Å². The van der Waals surface area contributed by atoms with Gasteiger partial charge in [0.15, 0.2) is 6.61 Å². The maximum atomic E-state index is 12.1. The van der Waals surface area contributed by atoms with E-state index in [-0.39, 0.29) is 28.4 Å². The first-order chi connectivity index (χ1) is 11.7. The topological polar surface area (TPSA) is 81.5 Å². The molecule has 0 fully saturated rings. The lowest BCUT2D eigenvalue weighted by atomic mass is 9.86. The Morgan fingerprint density at radius 1 is 1.24 bits per heavy atom. The predicted molar refractivity (Wildman–Crippen MR) is 97.4 cm³/mol.